The van der Waals surface area contributed by atoms with Crippen molar-refractivity contribution in [1.29, 1.82) is 0 Å². The van der Waals surface area contributed by atoms with Gasteiger partial charge in [0.25, 0.3) is 5.91 Å². The van der Waals surface area contributed by atoms with E-state index in [0.29, 0.717) is 11.3 Å². The number of amides is 2. The van der Waals surface area contributed by atoms with Gasteiger partial charge < -0.3 is 25.5 Å². The predicted molar refractivity (Wildman–Crippen MR) is 125 cm³/mol. The Morgan fingerprint density at radius 2 is 1.81 bits per heavy atom. The number of benzene rings is 2. The predicted octanol–water partition coefficient (Wildman–Crippen LogP) is 4.66. The zero-order valence-electron chi connectivity index (χ0n) is 18.7. The maximum absolute atomic E-state index is 12.8. The molecule has 32 heavy (non-hydrogen) atoms. The van der Waals surface area contributed by atoms with Gasteiger partial charge in [0.05, 0.1) is 17.7 Å². The molecule has 0 spiro atoms. The van der Waals surface area contributed by atoms with Crippen LogP contribution in [0.1, 0.15) is 36.7 Å². The van der Waals surface area contributed by atoms with Crippen LogP contribution in [0.25, 0.3) is 16.4 Å². The molecule has 1 atom stereocenters. The summed E-state index contributed by atoms with van der Waals surface area (Å²) in [7, 11) is 1.92. The van der Waals surface area contributed by atoms with Gasteiger partial charge in [-0.25, -0.2) is 0 Å². The van der Waals surface area contributed by atoms with Gasteiger partial charge in [0.15, 0.2) is 0 Å². The largest absolute Gasteiger partial charge is 0.588 e. The lowest BCUT2D eigenvalue weighted by molar-refractivity contribution is -0.120. The van der Waals surface area contributed by atoms with Gasteiger partial charge in [-0.05, 0) is 36.0 Å². The van der Waals surface area contributed by atoms with Crippen molar-refractivity contribution in [3.05, 3.63) is 83.2 Å². The molecule has 2 aromatic carbocycles. The number of hydrogen-bond donors (Lipinski definition) is 2. The minimum Gasteiger partial charge on any atom is -0.588 e. The van der Waals surface area contributed by atoms with Crippen LogP contribution in [0.3, 0.4) is 0 Å². The Morgan fingerprint density at radius 1 is 1.09 bits per heavy atom. The zero-order chi connectivity index (χ0) is 22.9. The third kappa shape index (κ3) is 4.68. The Morgan fingerprint density at radius 3 is 2.50 bits per heavy atom. The minimum atomic E-state index is -0.476. The highest BCUT2D eigenvalue weighted by Gasteiger charge is 2.21. The van der Waals surface area contributed by atoms with Crippen LogP contribution in [-0.2, 0) is 23.1 Å². The van der Waals surface area contributed by atoms with Gasteiger partial charge in [0, 0.05) is 35.2 Å². The van der Waals surface area contributed by atoms with E-state index in [4.69, 9.17) is 4.84 Å². The summed E-state index contributed by atoms with van der Waals surface area (Å²) in [5.41, 5.74) is 6.97. The fraction of sp³-hybridized carbons (Fsp3) is 0.280. The van der Waals surface area contributed by atoms with E-state index in [-0.39, 0.29) is 23.7 Å². The van der Waals surface area contributed by atoms with Crippen LogP contribution in [0.2, 0.25) is 0 Å². The summed E-state index contributed by atoms with van der Waals surface area (Å²) in [5, 5.41) is 6.68. The average Bonchev–Trinajstić information content (AvgIpc) is 3.34. The van der Waals surface area contributed by atoms with Gasteiger partial charge in [-0.2, -0.15) is 0 Å². The molecule has 2 N–H and O–H groups in total. The molecular weight excluding hydrogens is 404 g/mol. The van der Waals surface area contributed by atoms with E-state index in [1.54, 1.807) is 12.1 Å². The summed E-state index contributed by atoms with van der Waals surface area (Å²) in [6.45, 7) is 6.08. The van der Waals surface area contributed by atoms with Crippen LogP contribution in [-0.4, -0.2) is 22.5 Å². The number of nitrogens with zero attached hydrogens (tertiary/aromatic N) is 2. The molecule has 0 saturated carbocycles. The molecule has 1 aliphatic rings. The molecule has 0 saturated heterocycles. The fourth-order valence-electron chi connectivity index (χ4n) is 3.60. The summed E-state index contributed by atoms with van der Waals surface area (Å²) in [4.78, 5) is 30.5. The van der Waals surface area contributed by atoms with Gasteiger partial charge in [0.1, 0.15) is 0 Å². The Kier molecular flexibility index (Phi) is 5.76. The molecule has 7 nitrogen and oxygen atoms in total. The number of carbonyl (C=O) groups excluding carboxylic acids is 2. The summed E-state index contributed by atoms with van der Waals surface area (Å²) >= 11 is 0. The van der Waals surface area contributed by atoms with E-state index in [0.717, 1.165) is 22.2 Å². The first-order valence-electron chi connectivity index (χ1n) is 10.5. The lowest BCUT2D eigenvalue weighted by Crippen LogP contribution is -2.32. The maximum atomic E-state index is 12.8. The van der Waals surface area contributed by atoms with Gasteiger partial charge >= 0.3 is 0 Å². The SMILES string of the molecule is Cn1cc(C(=O)Nc2ccc(CC(=O)NC3C=C(C(C)(C)C)O[N-]3)cc2)c2ccccc21. The van der Waals surface area contributed by atoms with Crippen molar-refractivity contribution in [3.8, 4) is 0 Å². The smallest absolute Gasteiger partial charge is 0.257 e. The number of rotatable bonds is 5. The number of para-hydroxylation sites is 1. The van der Waals surface area contributed by atoms with Crippen molar-refractivity contribution in [2.45, 2.75) is 33.4 Å². The number of nitrogens with one attached hydrogen (secondary N) is 2. The Labute approximate surface area is 187 Å². The van der Waals surface area contributed by atoms with Crippen molar-refractivity contribution >= 4 is 28.4 Å². The molecule has 0 radical (unpaired) electrons. The highest BCUT2D eigenvalue weighted by Crippen LogP contribution is 2.33. The van der Waals surface area contributed by atoms with Crippen molar-refractivity contribution in [1.82, 2.24) is 9.88 Å². The summed E-state index contributed by atoms with van der Waals surface area (Å²) in [6, 6.07) is 15.0. The van der Waals surface area contributed by atoms with Crippen molar-refractivity contribution in [2.24, 2.45) is 12.5 Å². The van der Waals surface area contributed by atoms with Crippen LogP contribution in [0, 0.1) is 5.41 Å². The van der Waals surface area contributed by atoms with Crippen molar-refractivity contribution in [3.63, 3.8) is 0 Å². The molecule has 0 bridgehead atoms. The number of fused-ring (bicyclic) bond motifs is 1. The Bertz CT molecular complexity index is 1190. The van der Waals surface area contributed by atoms with Crippen LogP contribution in [0.5, 0.6) is 0 Å². The number of hydroxylamine groups is 1. The van der Waals surface area contributed by atoms with Crippen molar-refractivity contribution in [2.75, 3.05) is 5.32 Å². The third-order valence-electron chi connectivity index (χ3n) is 5.34. The number of hydrogen-bond acceptors (Lipinski definition) is 3. The second-order valence-corrected chi connectivity index (χ2v) is 8.99. The van der Waals surface area contributed by atoms with Gasteiger partial charge in [0.2, 0.25) is 5.91 Å². The number of anilines is 1. The zero-order valence-corrected chi connectivity index (χ0v) is 18.7. The standard InChI is InChI=1S/C25H27N4O3/c1-25(2,3)21-14-22(28-32-21)27-23(30)13-16-9-11-17(12-10-16)26-24(31)19-15-29(4)20-8-6-5-7-18(19)20/h5-12,14-15,22H,13H2,1-4H3,(H,26,31)(H,27,30)/q-1. The second-order valence-electron chi connectivity index (χ2n) is 8.99. The minimum absolute atomic E-state index is 0.152. The first kappa shape index (κ1) is 21.6. The highest BCUT2D eigenvalue weighted by atomic mass is 16.7. The quantitative estimate of drug-likeness (QED) is 0.616. The number of aromatic nitrogens is 1. The summed E-state index contributed by atoms with van der Waals surface area (Å²) in [6.07, 6.45) is 3.39. The molecule has 0 aliphatic carbocycles. The molecule has 2 heterocycles. The number of aryl methyl sites for hydroxylation is 1. The molecule has 1 aliphatic heterocycles. The first-order valence-corrected chi connectivity index (χ1v) is 10.5. The Balaban J connectivity index is 1.35. The van der Waals surface area contributed by atoms with E-state index in [9.17, 15) is 9.59 Å². The number of carbonyl (C=O) groups is 2. The van der Waals surface area contributed by atoms with E-state index in [2.05, 4.69) is 16.1 Å². The van der Waals surface area contributed by atoms with Gasteiger partial charge in [-0.15, -0.1) is 0 Å². The molecule has 1 aromatic heterocycles. The molecule has 166 valence electrons. The molecule has 4 rings (SSSR count). The molecule has 0 fully saturated rings. The van der Waals surface area contributed by atoms with Gasteiger partial charge in [-0.1, -0.05) is 51.1 Å². The average molecular weight is 432 g/mol. The van der Waals surface area contributed by atoms with Crippen LogP contribution >= 0.6 is 0 Å². The number of allylic oxidation sites excluding steroid dienone is 1. The first-order chi connectivity index (χ1) is 15.2. The lowest BCUT2D eigenvalue weighted by Gasteiger charge is -2.26. The second kappa shape index (κ2) is 8.51. The van der Waals surface area contributed by atoms with E-state index in [1.807, 2.05) is 81.1 Å². The van der Waals surface area contributed by atoms with E-state index >= 15 is 0 Å². The van der Waals surface area contributed by atoms with Gasteiger partial charge in [-0.3, -0.25) is 9.59 Å². The molecular formula is C25H27N4O3-. The summed E-state index contributed by atoms with van der Waals surface area (Å²) in [5.74, 6) is 0.423. The Hall–Kier alpha value is -3.58. The fourth-order valence-corrected chi connectivity index (χ4v) is 3.60. The normalized spacial score (nSPS) is 15.9. The van der Waals surface area contributed by atoms with Crippen LogP contribution in [0.4, 0.5) is 5.69 Å². The third-order valence-corrected chi connectivity index (χ3v) is 5.34. The molecule has 3 aromatic rings. The lowest BCUT2D eigenvalue weighted by atomic mass is 9.93. The monoisotopic (exact) mass is 431 g/mol. The van der Waals surface area contributed by atoms with Crippen LogP contribution in [0.15, 0.2) is 66.6 Å². The summed E-state index contributed by atoms with van der Waals surface area (Å²) < 4.78 is 1.94. The van der Waals surface area contributed by atoms with E-state index < -0.39 is 6.17 Å². The molecule has 7 heteroatoms. The van der Waals surface area contributed by atoms with Crippen LogP contribution < -0.4 is 10.6 Å². The highest BCUT2D eigenvalue weighted by molar-refractivity contribution is 6.13. The molecule has 2 amide bonds. The maximum Gasteiger partial charge on any atom is 0.257 e. The van der Waals surface area contributed by atoms with E-state index in [1.165, 1.54) is 0 Å². The van der Waals surface area contributed by atoms with Crippen molar-refractivity contribution < 1.29 is 14.4 Å². The molecule has 1 unspecified atom stereocenters. The topological polar surface area (TPSA) is 86.5 Å².